The van der Waals surface area contributed by atoms with Gasteiger partial charge in [-0.3, -0.25) is 0 Å². The Hall–Kier alpha value is -0.210. The van der Waals surface area contributed by atoms with E-state index in [9.17, 15) is 8.42 Å². The average molecular weight is 198 g/mol. The van der Waals surface area contributed by atoms with Crippen molar-refractivity contribution >= 4 is 10.2 Å². The van der Waals surface area contributed by atoms with Crippen LogP contribution in [0.2, 0.25) is 0 Å². The summed E-state index contributed by atoms with van der Waals surface area (Å²) in [6.07, 6.45) is 0. The maximum absolute atomic E-state index is 10.9. The van der Waals surface area contributed by atoms with Gasteiger partial charge < -0.3 is 10.2 Å². The quantitative estimate of drug-likeness (QED) is 0.402. The summed E-state index contributed by atoms with van der Waals surface area (Å²) in [7, 11) is -2.39. The minimum Gasteiger partial charge on any atom is -0.394 e. The number of hydrogen-bond acceptors (Lipinski definition) is 4. The lowest BCUT2D eigenvalue weighted by atomic mass is 10.1. The molecule has 0 unspecified atom stereocenters. The molecule has 0 aromatic carbocycles. The standard InChI is InChI=1S/C5H14N2O4S/c1-5(3-8,4-9)7-12(10,11)6-2/h6-9H,3-4H2,1-2H3. The van der Waals surface area contributed by atoms with Crippen LogP contribution in [0.1, 0.15) is 6.92 Å². The zero-order valence-electron chi connectivity index (χ0n) is 7.03. The Balaban J connectivity index is 4.42. The largest absolute Gasteiger partial charge is 0.394 e. The van der Waals surface area contributed by atoms with Crippen LogP contribution in [0.4, 0.5) is 0 Å². The summed E-state index contributed by atoms with van der Waals surface area (Å²) in [6, 6.07) is 0. The van der Waals surface area contributed by atoms with Gasteiger partial charge in [0, 0.05) is 7.05 Å². The molecule has 0 fully saturated rings. The summed E-state index contributed by atoms with van der Waals surface area (Å²) < 4.78 is 25.9. The van der Waals surface area contributed by atoms with Crippen LogP contribution in [-0.2, 0) is 10.2 Å². The fourth-order valence-corrected chi connectivity index (χ4v) is 1.37. The van der Waals surface area contributed by atoms with E-state index in [-0.39, 0.29) is 0 Å². The highest BCUT2D eigenvalue weighted by Gasteiger charge is 2.27. The van der Waals surface area contributed by atoms with Crippen LogP contribution in [-0.4, -0.2) is 44.4 Å². The number of hydrogen-bond donors (Lipinski definition) is 4. The Labute approximate surface area is 71.8 Å². The molecule has 0 spiro atoms. The van der Waals surface area contributed by atoms with E-state index in [2.05, 4.69) is 4.72 Å². The van der Waals surface area contributed by atoms with E-state index in [1.165, 1.54) is 14.0 Å². The van der Waals surface area contributed by atoms with Crippen molar-refractivity contribution in [2.45, 2.75) is 12.5 Å². The van der Waals surface area contributed by atoms with Gasteiger partial charge in [-0.1, -0.05) is 0 Å². The first-order chi connectivity index (χ1) is 5.39. The SMILES string of the molecule is CNS(=O)(=O)NC(C)(CO)CO. The van der Waals surface area contributed by atoms with Crippen LogP contribution < -0.4 is 9.44 Å². The molecule has 0 aliphatic heterocycles. The van der Waals surface area contributed by atoms with Crippen molar-refractivity contribution in [3.8, 4) is 0 Å². The Morgan fingerprint density at radius 1 is 1.33 bits per heavy atom. The fraction of sp³-hybridized carbons (Fsp3) is 1.00. The van der Waals surface area contributed by atoms with Crippen molar-refractivity contribution in [3.63, 3.8) is 0 Å². The van der Waals surface area contributed by atoms with Crippen LogP contribution in [0.15, 0.2) is 0 Å². The molecule has 4 N–H and O–H groups in total. The third kappa shape index (κ3) is 3.46. The van der Waals surface area contributed by atoms with Crippen LogP contribution >= 0.6 is 0 Å². The number of nitrogens with one attached hydrogen (secondary N) is 2. The second kappa shape index (κ2) is 4.15. The third-order valence-corrected chi connectivity index (χ3v) is 2.65. The van der Waals surface area contributed by atoms with Gasteiger partial charge in [0.1, 0.15) is 0 Å². The lowest BCUT2D eigenvalue weighted by molar-refractivity contribution is 0.121. The zero-order chi connectivity index (χ0) is 9.83. The molecule has 12 heavy (non-hydrogen) atoms. The molecule has 0 aliphatic carbocycles. The molecule has 74 valence electrons. The van der Waals surface area contributed by atoms with Gasteiger partial charge in [-0.15, -0.1) is 0 Å². The minimum absolute atomic E-state index is 0.468. The summed E-state index contributed by atoms with van der Waals surface area (Å²) in [5.41, 5.74) is -1.22. The maximum atomic E-state index is 10.9. The van der Waals surface area contributed by atoms with Crippen LogP contribution in [0, 0.1) is 0 Å². The molecule has 0 aromatic heterocycles. The van der Waals surface area contributed by atoms with Gasteiger partial charge in [-0.2, -0.15) is 13.1 Å². The average Bonchev–Trinajstić information content (AvgIpc) is 2.04. The molecule has 0 aromatic rings. The lowest BCUT2D eigenvalue weighted by Gasteiger charge is -2.25. The highest BCUT2D eigenvalue weighted by Crippen LogP contribution is 2.01. The summed E-state index contributed by atoms with van der Waals surface area (Å²) in [4.78, 5) is 0. The van der Waals surface area contributed by atoms with Crippen molar-refractivity contribution in [2.24, 2.45) is 0 Å². The molecule has 0 radical (unpaired) electrons. The van der Waals surface area contributed by atoms with Gasteiger partial charge in [0.2, 0.25) is 0 Å². The number of rotatable bonds is 5. The third-order valence-electron chi connectivity index (χ3n) is 1.35. The molecule has 0 saturated heterocycles. The molecule has 0 amide bonds. The molecule has 0 rings (SSSR count). The van der Waals surface area contributed by atoms with Gasteiger partial charge in [0.25, 0.3) is 10.2 Å². The van der Waals surface area contributed by atoms with Gasteiger partial charge in [-0.05, 0) is 6.92 Å². The van der Waals surface area contributed by atoms with Crippen molar-refractivity contribution in [1.29, 1.82) is 0 Å². The second-order valence-electron chi connectivity index (χ2n) is 2.69. The molecule has 0 atom stereocenters. The van der Waals surface area contributed by atoms with Gasteiger partial charge in [0.05, 0.1) is 18.8 Å². The van der Waals surface area contributed by atoms with E-state index in [0.717, 1.165) is 0 Å². The highest BCUT2D eigenvalue weighted by molar-refractivity contribution is 7.87. The molecule has 0 saturated carbocycles. The Kier molecular flexibility index (Phi) is 4.08. The molecular formula is C5H14N2O4S. The molecule has 6 nitrogen and oxygen atoms in total. The van der Waals surface area contributed by atoms with Crippen molar-refractivity contribution < 1.29 is 18.6 Å². The van der Waals surface area contributed by atoms with Crippen LogP contribution in [0.25, 0.3) is 0 Å². The maximum Gasteiger partial charge on any atom is 0.277 e. The summed E-state index contributed by atoms with van der Waals surface area (Å²) in [5, 5.41) is 17.5. The van der Waals surface area contributed by atoms with E-state index < -0.39 is 29.0 Å². The van der Waals surface area contributed by atoms with Crippen molar-refractivity contribution in [2.75, 3.05) is 20.3 Å². The van der Waals surface area contributed by atoms with E-state index in [1.807, 2.05) is 4.72 Å². The van der Waals surface area contributed by atoms with E-state index in [4.69, 9.17) is 10.2 Å². The van der Waals surface area contributed by atoms with E-state index in [0.29, 0.717) is 0 Å². The summed E-state index contributed by atoms with van der Waals surface area (Å²) >= 11 is 0. The van der Waals surface area contributed by atoms with Crippen molar-refractivity contribution in [1.82, 2.24) is 9.44 Å². The van der Waals surface area contributed by atoms with Gasteiger partial charge in [0.15, 0.2) is 0 Å². The molecule has 0 bridgehead atoms. The van der Waals surface area contributed by atoms with Gasteiger partial charge in [-0.25, -0.2) is 4.72 Å². The Bertz CT molecular complexity index is 222. The topological polar surface area (TPSA) is 98.7 Å². The van der Waals surface area contributed by atoms with Crippen molar-refractivity contribution in [3.05, 3.63) is 0 Å². The molecule has 7 heteroatoms. The first kappa shape index (κ1) is 11.8. The number of aliphatic hydroxyl groups excluding tert-OH is 2. The normalized spacial score (nSPS) is 13.3. The van der Waals surface area contributed by atoms with Gasteiger partial charge >= 0.3 is 0 Å². The Morgan fingerprint density at radius 3 is 2.00 bits per heavy atom. The summed E-state index contributed by atoms with van der Waals surface area (Å²) in [6.45, 7) is 0.455. The van der Waals surface area contributed by atoms with E-state index in [1.54, 1.807) is 0 Å². The zero-order valence-corrected chi connectivity index (χ0v) is 7.85. The Morgan fingerprint density at radius 2 is 1.75 bits per heavy atom. The second-order valence-corrected chi connectivity index (χ2v) is 4.31. The minimum atomic E-state index is -3.62. The fourth-order valence-electron chi connectivity index (χ4n) is 0.490. The first-order valence-electron chi connectivity index (χ1n) is 3.33. The van der Waals surface area contributed by atoms with Crippen LogP contribution in [0.5, 0.6) is 0 Å². The van der Waals surface area contributed by atoms with Crippen LogP contribution in [0.3, 0.4) is 0 Å². The molecular weight excluding hydrogens is 184 g/mol. The smallest absolute Gasteiger partial charge is 0.277 e. The molecule has 0 heterocycles. The lowest BCUT2D eigenvalue weighted by Crippen LogP contribution is -2.54. The monoisotopic (exact) mass is 198 g/mol. The predicted molar refractivity (Wildman–Crippen MR) is 43.7 cm³/mol. The molecule has 0 aliphatic rings. The summed E-state index contributed by atoms with van der Waals surface area (Å²) in [5.74, 6) is 0. The highest BCUT2D eigenvalue weighted by atomic mass is 32.2. The number of aliphatic hydroxyl groups is 2. The van der Waals surface area contributed by atoms with E-state index >= 15 is 0 Å². The predicted octanol–water partition coefficient (Wildman–Crippen LogP) is -2.22. The first-order valence-corrected chi connectivity index (χ1v) is 4.81.